The molecule has 2 aromatic heterocycles. The van der Waals surface area contributed by atoms with E-state index < -0.39 is 6.04 Å². The average Bonchev–Trinajstić information content (AvgIpc) is 3.07. The molecule has 130 valence electrons. The molecule has 3 aromatic rings. The van der Waals surface area contributed by atoms with Gasteiger partial charge in [0.1, 0.15) is 11.9 Å². The highest BCUT2D eigenvalue weighted by molar-refractivity contribution is 7.07. The lowest BCUT2D eigenvalue weighted by atomic mass is 10.1. The molecule has 1 aromatic carbocycles. The van der Waals surface area contributed by atoms with E-state index >= 15 is 0 Å². The van der Waals surface area contributed by atoms with Crippen molar-refractivity contribution in [2.24, 2.45) is 0 Å². The minimum absolute atomic E-state index is 0.0999. The Morgan fingerprint density at radius 1 is 1.16 bits per heavy atom. The fourth-order valence-electron chi connectivity index (χ4n) is 2.80. The van der Waals surface area contributed by atoms with Crippen LogP contribution in [0, 0.1) is 0 Å². The van der Waals surface area contributed by atoms with Gasteiger partial charge in [0.25, 0.3) is 0 Å². The zero-order valence-electron chi connectivity index (χ0n) is 14.7. The molecule has 6 nitrogen and oxygen atoms in total. The SMILES string of the molecule is CN(C)c1nccc2cc(NC(=O)C(c3cscn3)N(C)C)ccc12. The largest absolute Gasteiger partial charge is 0.362 e. The van der Waals surface area contributed by atoms with Gasteiger partial charge in [-0.2, -0.15) is 0 Å². The summed E-state index contributed by atoms with van der Waals surface area (Å²) in [7, 11) is 7.68. The number of rotatable bonds is 5. The van der Waals surface area contributed by atoms with Gasteiger partial charge in [-0.25, -0.2) is 9.97 Å². The summed E-state index contributed by atoms with van der Waals surface area (Å²) in [6, 6.07) is 7.39. The van der Waals surface area contributed by atoms with Gasteiger partial charge in [-0.3, -0.25) is 9.69 Å². The van der Waals surface area contributed by atoms with Gasteiger partial charge >= 0.3 is 0 Å². The Bertz CT molecular complexity index is 876. The van der Waals surface area contributed by atoms with Crippen molar-refractivity contribution >= 4 is 39.5 Å². The number of hydrogen-bond acceptors (Lipinski definition) is 6. The molecule has 3 rings (SSSR count). The summed E-state index contributed by atoms with van der Waals surface area (Å²) < 4.78 is 0. The third kappa shape index (κ3) is 3.62. The fraction of sp³-hybridized carbons (Fsp3) is 0.278. The van der Waals surface area contributed by atoms with Gasteiger partial charge in [0, 0.05) is 36.7 Å². The van der Waals surface area contributed by atoms with Crippen LogP contribution in [0.3, 0.4) is 0 Å². The van der Waals surface area contributed by atoms with Crippen LogP contribution in [0.4, 0.5) is 11.5 Å². The molecule has 1 N–H and O–H groups in total. The molecule has 1 atom stereocenters. The monoisotopic (exact) mass is 355 g/mol. The van der Waals surface area contributed by atoms with Crippen molar-refractivity contribution in [3.63, 3.8) is 0 Å². The van der Waals surface area contributed by atoms with E-state index in [1.807, 2.05) is 67.6 Å². The van der Waals surface area contributed by atoms with Gasteiger partial charge in [-0.15, -0.1) is 11.3 Å². The number of benzene rings is 1. The Hall–Kier alpha value is -2.51. The number of aromatic nitrogens is 2. The third-order valence-corrected chi connectivity index (χ3v) is 4.54. The molecule has 0 saturated carbocycles. The number of pyridine rings is 1. The van der Waals surface area contributed by atoms with Crippen molar-refractivity contribution in [1.82, 2.24) is 14.9 Å². The van der Waals surface area contributed by atoms with E-state index in [1.165, 1.54) is 11.3 Å². The smallest absolute Gasteiger partial charge is 0.247 e. The molecular formula is C18H21N5OS. The maximum atomic E-state index is 12.8. The zero-order valence-corrected chi connectivity index (χ0v) is 15.5. The second kappa shape index (κ2) is 7.16. The topological polar surface area (TPSA) is 61.4 Å². The van der Waals surface area contributed by atoms with Crippen LogP contribution in [0.15, 0.2) is 41.4 Å². The predicted octanol–water partition coefficient (Wildman–Crippen LogP) is 3.00. The number of hydrogen-bond donors (Lipinski definition) is 1. The summed E-state index contributed by atoms with van der Waals surface area (Å²) >= 11 is 1.49. The lowest BCUT2D eigenvalue weighted by molar-refractivity contribution is -0.120. The van der Waals surface area contributed by atoms with Crippen molar-refractivity contribution in [1.29, 1.82) is 0 Å². The Kier molecular flexibility index (Phi) is 4.96. The van der Waals surface area contributed by atoms with Crippen LogP contribution < -0.4 is 10.2 Å². The summed E-state index contributed by atoms with van der Waals surface area (Å²) in [6.07, 6.45) is 1.78. The first-order chi connectivity index (χ1) is 12.0. The molecule has 0 aliphatic heterocycles. The zero-order chi connectivity index (χ0) is 18.0. The molecule has 0 fully saturated rings. The Labute approximate surface area is 151 Å². The second-order valence-electron chi connectivity index (χ2n) is 6.23. The second-order valence-corrected chi connectivity index (χ2v) is 6.95. The van der Waals surface area contributed by atoms with Gasteiger partial charge in [-0.05, 0) is 43.7 Å². The lowest BCUT2D eigenvalue weighted by Crippen LogP contribution is -2.32. The molecular weight excluding hydrogens is 334 g/mol. The first kappa shape index (κ1) is 17.3. The normalized spacial score (nSPS) is 12.4. The first-order valence-electron chi connectivity index (χ1n) is 7.89. The molecule has 0 bridgehead atoms. The number of nitrogens with zero attached hydrogens (tertiary/aromatic N) is 4. The van der Waals surface area contributed by atoms with Crippen molar-refractivity contribution in [3.8, 4) is 0 Å². The molecule has 1 amide bonds. The highest BCUT2D eigenvalue weighted by Gasteiger charge is 2.24. The van der Waals surface area contributed by atoms with E-state index in [1.54, 1.807) is 11.7 Å². The molecule has 25 heavy (non-hydrogen) atoms. The van der Waals surface area contributed by atoms with E-state index in [9.17, 15) is 4.79 Å². The summed E-state index contributed by atoms with van der Waals surface area (Å²) in [4.78, 5) is 25.3. The van der Waals surface area contributed by atoms with Crippen LogP contribution in [-0.2, 0) is 4.79 Å². The van der Waals surface area contributed by atoms with E-state index in [0.29, 0.717) is 0 Å². The van der Waals surface area contributed by atoms with E-state index in [0.717, 1.165) is 28.0 Å². The number of carbonyl (C=O) groups is 1. The minimum atomic E-state index is -0.420. The Balaban J connectivity index is 1.88. The van der Waals surface area contributed by atoms with Gasteiger partial charge < -0.3 is 10.2 Å². The van der Waals surface area contributed by atoms with Crippen molar-refractivity contribution in [2.45, 2.75) is 6.04 Å². The van der Waals surface area contributed by atoms with Gasteiger partial charge in [-0.1, -0.05) is 0 Å². The van der Waals surface area contributed by atoms with Crippen LogP contribution in [0.2, 0.25) is 0 Å². The van der Waals surface area contributed by atoms with Crippen molar-refractivity contribution in [3.05, 3.63) is 47.0 Å². The van der Waals surface area contributed by atoms with Crippen molar-refractivity contribution in [2.75, 3.05) is 38.4 Å². The lowest BCUT2D eigenvalue weighted by Gasteiger charge is -2.22. The van der Waals surface area contributed by atoms with Crippen LogP contribution in [0.1, 0.15) is 11.7 Å². The maximum absolute atomic E-state index is 12.8. The number of fused-ring (bicyclic) bond motifs is 1. The quantitative estimate of drug-likeness (QED) is 0.762. The van der Waals surface area contributed by atoms with E-state index in [4.69, 9.17) is 0 Å². The van der Waals surface area contributed by atoms with E-state index in [2.05, 4.69) is 15.3 Å². The number of anilines is 2. The van der Waals surface area contributed by atoms with Crippen LogP contribution in [0.5, 0.6) is 0 Å². The van der Waals surface area contributed by atoms with Crippen LogP contribution in [-0.4, -0.2) is 49.0 Å². The molecule has 2 heterocycles. The van der Waals surface area contributed by atoms with Gasteiger partial charge in [0.2, 0.25) is 5.91 Å². The fourth-order valence-corrected chi connectivity index (χ4v) is 3.37. The first-order valence-corrected chi connectivity index (χ1v) is 8.83. The number of nitrogens with one attached hydrogen (secondary N) is 1. The Morgan fingerprint density at radius 3 is 2.60 bits per heavy atom. The van der Waals surface area contributed by atoms with Crippen LogP contribution in [0.25, 0.3) is 10.8 Å². The van der Waals surface area contributed by atoms with Gasteiger partial charge in [0.05, 0.1) is 11.2 Å². The average molecular weight is 355 g/mol. The number of thiazole rings is 1. The van der Waals surface area contributed by atoms with Gasteiger partial charge in [0.15, 0.2) is 0 Å². The number of likely N-dealkylation sites (N-methyl/N-ethyl adjacent to an activating group) is 1. The molecule has 0 aliphatic rings. The standard InChI is InChI=1S/C18H21N5OS/c1-22(2)16(15-10-25-11-20-15)18(24)21-13-5-6-14-12(9-13)7-8-19-17(14)23(3)4/h5-11,16H,1-4H3,(H,21,24). The molecule has 7 heteroatoms. The van der Waals surface area contributed by atoms with E-state index in [-0.39, 0.29) is 5.91 Å². The molecule has 0 radical (unpaired) electrons. The number of carbonyl (C=O) groups excluding carboxylic acids is 1. The summed E-state index contributed by atoms with van der Waals surface area (Å²) in [6.45, 7) is 0. The van der Waals surface area contributed by atoms with Crippen LogP contribution >= 0.6 is 11.3 Å². The maximum Gasteiger partial charge on any atom is 0.247 e. The minimum Gasteiger partial charge on any atom is -0.362 e. The van der Waals surface area contributed by atoms with Crippen molar-refractivity contribution < 1.29 is 4.79 Å². The molecule has 0 saturated heterocycles. The molecule has 0 aliphatic carbocycles. The molecule has 0 spiro atoms. The number of amides is 1. The highest BCUT2D eigenvalue weighted by atomic mass is 32.1. The summed E-state index contributed by atoms with van der Waals surface area (Å²) in [5.41, 5.74) is 3.26. The summed E-state index contributed by atoms with van der Waals surface area (Å²) in [5, 5.41) is 6.99. The Morgan fingerprint density at radius 2 is 1.96 bits per heavy atom. The summed E-state index contributed by atoms with van der Waals surface area (Å²) in [5.74, 6) is 0.807. The highest BCUT2D eigenvalue weighted by Crippen LogP contribution is 2.27. The molecule has 1 unspecified atom stereocenters. The third-order valence-electron chi connectivity index (χ3n) is 3.93. The predicted molar refractivity (Wildman–Crippen MR) is 103 cm³/mol.